The first-order valence-corrected chi connectivity index (χ1v) is 19.1. The van der Waals surface area contributed by atoms with E-state index in [1.807, 2.05) is 55.4 Å². The van der Waals surface area contributed by atoms with Crippen LogP contribution in [0, 0.1) is 35.5 Å². The number of rotatable bonds is 7. The van der Waals surface area contributed by atoms with Crippen molar-refractivity contribution in [1.82, 2.24) is 35.6 Å². The number of hydrogen-bond donors (Lipinski definition) is 4. The van der Waals surface area contributed by atoms with Crippen molar-refractivity contribution in [3.8, 4) is 0 Å². The molecule has 0 spiro atoms. The minimum atomic E-state index is -1.32. The first-order chi connectivity index (χ1) is 23.9. The molecule has 4 N–H and O–H groups in total. The highest BCUT2D eigenvalue weighted by Gasteiger charge is 2.52. The van der Waals surface area contributed by atoms with Gasteiger partial charge in [-0.1, -0.05) is 55.4 Å². The Balaban J connectivity index is 2.69. The van der Waals surface area contributed by atoms with Gasteiger partial charge in [0.15, 0.2) is 0 Å². The molecule has 0 aromatic heterocycles. The van der Waals surface area contributed by atoms with Crippen molar-refractivity contribution in [1.29, 1.82) is 0 Å². The summed E-state index contributed by atoms with van der Waals surface area (Å²) in [6, 6.07) is -6.51. The van der Waals surface area contributed by atoms with Crippen molar-refractivity contribution in [2.45, 2.75) is 144 Å². The summed E-state index contributed by atoms with van der Waals surface area (Å²) >= 11 is 0. The highest BCUT2D eigenvalue weighted by atomic mass is 16.3. The van der Waals surface area contributed by atoms with Gasteiger partial charge in [0.2, 0.25) is 35.4 Å². The number of amides is 6. The predicted molar refractivity (Wildman–Crippen MR) is 200 cm³/mol. The summed E-state index contributed by atoms with van der Waals surface area (Å²) in [5.41, 5.74) is 0. The third-order valence-corrected chi connectivity index (χ3v) is 11.4. The van der Waals surface area contributed by atoms with Gasteiger partial charge in [-0.3, -0.25) is 34.1 Å². The second-order valence-electron chi connectivity index (χ2n) is 16.8. The molecule has 1 unspecified atom stereocenters. The van der Waals surface area contributed by atoms with Crippen LogP contribution in [0.2, 0.25) is 0 Å². The van der Waals surface area contributed by atoms with Crippen molar-refractivity contribution in [3.05, 3.63) is 0 Å². The number of nitrogens with zero attached hydrogens (tertiary/aromatic N) is 4. The van der Waals surface area contributed by atoms with E-state index in [1.165, 1.54) is 40.7 Å². The van der Waals surface area contributed by atoms with Crippen molar-refractivity contribution in [2.24, 2.45) is 35.5 Å². The van der Waals surface area contributed by atoms with E-state index in [0.29, 0.717) is 12.8 Å². The van der Waals surface area contributed by atoms with E-state index in [9.17, 15) is 33.9 Å². The summed E-state index contributed by atoms with van der Waals surface area (Å²) in [6.45, 7) is 20.5. The Hall–Kier alpha value is -3.26. The zero-order valence-corrected chi connectivity index (χ0v) is 34.4. The molecule has 2 rings (SSSR count). The third-order valence-electron chi connectivity index (χ3n) is 11.4. The van der Waals surface area contributed by atoms with Gasteiger partial charge in [0.1, 0.15) is 36.4 Å². The van der Waals surface area contributed by atoms with E-state index in [0.717, 1.165) is 0 Å². The maximum absolute atomic E-state index is 14.2. The minimum absolute atomic E-state index is 0.00239. The maximum Gasteiger partial charge on any atom is 0.245 e. The highest BCUT2D eigenvalue weighted by molar-refractivity contribution is 5.96. The van der Waals surface area contributed by atoms with Gasteiger partial charge in [0, 0.05) is 28.2 Å². The molecular weight excluding hydrogens is 666 g/mol. The molecule has 6 amide bonds. The second-order valence-corrected chi connectivity index (χ2v) is 16.8. The fourth-order valence-electron chi connectivity index (χ4n) is 7.19. The lowest BCUT2D eigenvalue weighted by molar-refractivity contribution is -0.149. The lowest BCUT2D eigenvalue weighted by Gasteiger charge is -2.39. The Labute approximate surface area is 312 Å². The van der Waals surface area contributed by atoms with Crippen LogP contribution in [0.4, 0.5) is 0 Å². The van der Waals surface area contributed by atoms with Crippen LogP contribution in [0.25, 0.3) is 0 Å². The first-order valence-electron chi connectivity index (χ1n) is 19.1. The van der Waals surface area contributed by atoms with E-state index in [2.05, 4.69) is 16.0 Å². The quantitative estimate of drug-likeness (QED) is 0.306. The van der Waals surface area contributed by atoms with E-state index >= 15 is 0 Å². The fourth-order valence-corrected chi connectivity index (χ4v) is 7.19. The molecule has 0 aromatic carbocycles. The van der Waals surface area contributed by atoms with E-state index in [4.69, 9.17) is 0 Å². The van der Waals surface area contributed by atoms with E-state index in [-0.39, 0.29) is 41.9 Å². The Morgan fingerprint density at radius 2 is 0.942 bits per heavy atom. The van der Waals surface area contributed by atoms with Gasteiger partial charge in [-0.05, 0) is 75.5 Å². The molecule has 1 saturated heterocycles. The molecule has 2 aliphatic rings. The van der Waals surface area contributed by atoms with E-state index < -0.39 is 84.0 Å². The van der Waals surface area contributed by atoms with Gasteiger partial charge in [0.05, 0.1) is 12.1 Å². The molecule has 0 bridgehead atoms. The van der Waals surface area contributed by atoms with E-state index in [1.54, 1.807) is 27.8 Å². The topological polar surface area (TPSA) is 172 Å². The summed E-state index contributed by atoms with van der Waals surface area (Å²) in [5.74, 6) is -2.57. The summed E-state index contributed by atoms with van der Waals surface area (Å²) in [5, 5.41) is 20.6. The van der Waals surface area contributed by atoms with Crippen LogP contribution in [0.5, 0.6) is 0 Å². The van der Waals surface area contributed by atoms with Crippen molar-refractivity contribution in [3.63, 3.8) is 0 Å². The first kappa shape index (κ1) is 44.9. The summed E-state index contributed by atoms with van der Waals surface area (Å²) in [4.78, 5) is 88.9. The van der Waals surface area contributed by atoms with Crippen LogP contribution in [0.15, 0.2) is 0 Å². The van der Waals surface area contributed by atoms with Gasteiger partial charge in [-0.25, -0.2) is 0 Å². The molecule has 1 heterocycles. The van der Waals surface area contributed by atoms with Crippen LogP contribution < -0.4 is 16.0 Å². The second kappa shape index (κ2) is 18.7. The van der Waals surface area contributed by atoms with Crippen LogP contribution in [0.3, 0.4) is 0 Å². The average Bonchev–Trinajstić information content (AvgIpc) is 3.67. The zero-order valence-electron chi connectivity index (χ0n) is 34.4. The van der Waals surface area contributed by atoms with Gasteiger partial charge in [-0.2, -0.15) is 0 Å². The largest absolute Gasteiger partial charge is 0.376 e. The third kappa shape index (κ3) is 10.9. The lowest BCUT2D eigenvalue weighted by Crippen LogP contribution is -2.61. The minimum Gasteiger partial charge on any atom is -0.376 e. The molecule has 14 heteroatoms. The molecule has 52 heavy (non-hydrogen) atoms. The monoisotopic (exact) mass is 736 g/mol. The van der Waals surface area contributed by atoms with Crippen LogP contribution >= 0.6 is 0 Å². The number of hydrogen-bond acceptors (Lipinski definition) is 8. The highest BCUT2D eigenvalue weighted by Crippen LogP contribution is 2.48. The number of carbonyl (C=O) groups excluding carboxylic acids is 6. The summed E-state index contributed by atoms with van der Waals surface area (Å²) in [6.07, 6.45) is -0.349. The van der Waals surface area contributed by atoms with Crippen LogP contribution in [-0.2, 0) is 28.8 Å². The molecule has 2 fully saturated rings. The Morgan fingerprint density at radius 1 is 0.538 bits per heavy atom. The Bertz CT molecular complexity index is 1280. The molecule has 10 atom stereocenters. The molecule has 14 nitrogen and oxygen atoms in total. The SMILES string of the molecule is CC(C)C[C@H]1NC(=O)[C@@H](C)N(C)C(=O)[C@H](C)N(C)C(=O)[C@H](C2[C@@H](C)[C@@H]2C)NC(O)[C@H](CC(C)C)N(C)C(=O)[C@H](C)N(C)C(=O)[C@@H](CC(C)C)NC1=O. The smallest absolute Gasteiger partial charge is 0.245 e. The normalized spacial score (nSPS) is 34.2. The van der Waals surface area contributed by atoms with Crippen LogP contribution in [0.1, 0.15) is 95.4 Å². The molecule has 1 aliphatic heterocycles. The summed E-state index contributed by atoms with van der Waals surface area (Å²) < 4.78 is 0. The van der Waals surface area contributed by atoms with Crippen molar-refractivity contribution < 1.29 is 33.9 Å². The fraction of sp³-hybridized carbons (Fsp3) is 0.842. The Morgan fingerprint density at radius 3 is 1.40 bits per heavy atom. The Kier molecular flexibility index (Phi) is 16.1. The molecule has 1 aliphatic carbocycles. The standard InChI is InChI=1S/C38H69N7O7/c1-19(2)16-27-33(47)40-28(17-20(3)4)37(51)43(13)26(11)36(50)45(15)29(18-21(5)6)34(48)41-31(30-22(7)23(30)8)38(52)44(14)25(10)35(49)42(12)24(9)32(46)39-27/h19-31,34,41,48H,16-18H2,1-15H3,(H,39,46)(H,40,47)/t22-,23-,24+,25-,26-,27+,28+,29-,31-,34?/m0/s1. The average molecular weight is 736 g/mol. The van der Waals surface area contributed by atoms with Crippen LogP contribution in [-0.4, -0.2) is 137 Å². The van der Waals surface area contributed by atoms with Crippen molar-refractivity contribution >= 4 is 35.4 Å². The van der Waals surface area contributed by atoms with Gasteiger partial charge >= 0.3 is 0 Å². The zero-order chi connectivity index (χ0) is 40.1. The maximum atomic E-state index is 14.2. The summed E-state index contributed by atoms with van der Waals surface area (Å²) in [7, 11) is 6.12. The number of likely N-dealkylation sites (N-methyl/N-ethyl adjacent to an activating group) is 4. The molecule has 0 radical (unpaired) electrons. The molecular formula is C38H69N7O7. The molecule has 298 valence electrons. The van der Waals surface area contributed by atoms with Crippen molar-refractivity contribution in [2.75, 3.05) is 28.2 Å². The number of carbonyl (C=O) groups is 6. The van der Waals surface area contributed by atoms with Gasteiger partial charge in [0.25, 0.3) is 0 Å². The number of aliphatic hydroxyl groups excluding tert-OH is 1. The molecule has 1 saturated carbocycles. The number of aliphatic hydroxyl groups is 1. The van der Waals surface area contributed by atoms with Gasteiger partial charge in [-0.15, -0.1) is 0 Å². The lowest BCUT2D eigenvalue weighted by atomic mass is 9.98. The molecule has 0 aromatic rings. The predicted octanol–water partition coefficient (Wildman–Crippen LogP) is 1.65. The van der Waals surface area contributed by atoms with Gasteiger partial charge < -0.3 is 35.3 Å². The number of nitrogens with one attached hydrogen (secondary N) is 3.